The van der Waals surface area contributed by atoms with Gasteiger partial charge in [-0.3, -0.25) is 0 Å². The summed E-state index contributed by atoms with van der Waals surface area (Å²) >= 11 is 1.69. The Morgan fingerprint density at radius 2 is 1.95 bits per heavy atom. The maximum absolute atomic E-state index is 11.8. The number of carbonyl (C=O) groups is 1. The first-order valence-corrected chi connectivity index (χ1v) is 7.05. The third-order valence-corrected chi connectivity index (χ3v) is 3.33. The average molecular weight is 274 g/mol. The Labute approximate surface area is 117 Å². The molecule has 3 nitrogen and oxygen atoms in total. The highest BCUT2D eigenvalue weighted by atomic mass is 32.1. The van der Waals surface area contributed by atoms with Crippen LogP contribution in [-0.4, -0.2) is 11.6 Å². The number of urea groups is 1. The Kier molecular flexibility index (Phi) is 3.90. The summed E-state index contributed by atoms with van der Waals surface area (Å²) in [6, 6.07) is 11.8. The number of thiophene rings is 1. The topological polar surface area (TPSA) is 41.1 Å². The van der Waals surface area contributed by atoms with Crippen molar-refractivity contribution in [2.24, 2.45) is 0 Å². The second kappa shape index (κ2) is 5.45. The first-order valence-electron chi connectivity index (χ1n) is 6.17. The highest BCUT2D eigenvalue weighted by Gasteiger charge is 2.13. The molecule has 19 heavy (non-hydrogen) atoms. The van der Waals surface area contributed by atoms with Crippen molar-refractivity contribution in [3.8, 4) is 10.4 Å². The van der Waals surface area contributed by atoms with Crippen LogP contribution >= 0.6 is 11.3 Å². The van der Waals surface area contributed by atoms with Crippen LogP contribution < -0.4 is 10.6 Å². The molecule has 0 unspecified atom stereocenters. The largest absolute Gasteiger partial charge is 0.333 e. The predicted octanol–water partition coefficient (Wildman–Crippen LogP) is 4.34. The molecule has 2 rings (SSSR count). The Bertz CT molecular complexity index is 556. The Morgan fingerprint density at radius 1 is 1.16 bits per heavy atom. The van der Waals surface area contributed by atoms with Crippen molar-refractivity contribution in [1.29, 1.82) is 0 Å². The molecule has 2 aromatic rings. The van der Waals surface area contributed by atoms with Crippen LogP contribution in [0.1, 0.15) is 20.8 Å². The summed E-state index contributed by atoms with van der Waals surface area (Å²) in [6.45, 7) is 5.86. The quantitative estimate of drug-likeness (QED) is 0.840. The predicted molar refractivity (Wildman–Crippen MR) is 81.7 cm³/mol. The molecule has 0 atom stereocenters. The second-order valence-electron chi connectivity index (χ2n) is 5.39. The standard InChI is InChI=1S/C15H18N2OS/c1-15(2,3)17-14(18)16-12-7-4-6-11(10-12)13-8-5-9-19-13/h4-10H,1-3H3,(H2,16,17,18). The summed E-state index contributed by atoms with van der Waals surface area (Å²) in [5, 5.41) is 7.77. The van der Waals surface area contributed by atoms with E-state index in [0.29, 0.717) is 0 Å². The van der Waals surface area contributed by atoms with Crippen LogP contribution in [0.3, 0.4) is 0 Å². The number of rotatable bonds is 2. The number of carbonyl (C=O) groups excluding carboxylic acids is 1. The van der Waals surface area contributed by atoms with Crippen LogP contribution in [0, 0.1) is 0 Å². The summed E-state index contributed by atoms with van der Waals surface area (Å²) in [6.07, 6.45) is 0. The summed E-state index contributed by atoms with van der Waals surface area (Å²) < 4.78 is 0. The number of anilines is 1. The lowest BCUT2D eigenvalue weighted by atomic mass is 10.1. The minimum Gasteiger partial charge on any atom is -0.333 e. The van der Waals surface area contributed by atoms with Gasteiger partial charge < -0.3 is 10.6 Å². The van der Waals surface area contributed by atoms with E-state index in [2.05, 4.69) is 16.7 Å². The lowest BCUT2D eigenvalue weighted by Crippen LogP contribution is -2.43. The lowest BCUT2D eigenvalue weighted by molar-refractivity contribution is 0.244. The van der Waals surface area contributed by atoms with E-state index in [9.17, 15) is 4.79 Å². The molecule has 1 aromatic carbocycles. The number of benzene rings is 1. The molecule has 1 heterocycles. The highest BCUT2D eigenvalue weighted by Crippen LogP contribution is 2.26. The van der Waals surface area contributed by atoms with E-state index < -0.39 is 0 Å². The van der Waals surface area contributed by atoms with Gasteiger partial charge in [-0.05, 0) is 49.9 Å². The molecular formula is C15H18N2OS. The second-order valence-corrected chi connectivity index (χ2v) is 6.33. The fraction of sp³-hybridized carbons (Fsp3) is 0.267. The van der Waals surface area contributed by atoms with Gasteiger partial charge in [-0.2, -0.15) is 0 Å². The van der Waals surface area contributed by atoms with Crippen molar-refractivity contribution in [3.05, 3.63) is 41.8 Å². The third-order valence-electron chi connectivity index (χ3n) is 2.41. The van der Waals surface area contributed by atoms with E-state index in [4.69, 9.17) is 0 Å². The molecule has 0 radical (unpaired) electrons. The third kappa shape index (κ3) is 4.10. The average Bonchev–Trinajstić information content (AvgIpc) is 2.79. The van der Waals surface area contributed by atoms with Crippen LogP contribution in [-0.2, 0) is 0 Å². The zero-order chi connectivity index (χ0) is 13.9. The van der Waals surface area contributed by atoms with Gasteiger partial charge in [0.15, 0.2) is 0 Å². The maximum Gasteiger partial charge on any atom is 0.319 e. The summed E-state index contributed by atoms with van der Waals surface area (Å²) in [5.74, 6) is 0. The molecule has 0 saturated heterocycles. The van der Waals surface area contributed by atoms with E-state index in [1.165, 1.54) is 4.88 Å². The van der Waals surface area contributed by atoms with Gasteiger partial charge in [0, 0.05) is 16.1 Å². The Balaban J connectivity index is 2.10. The number of amides is 2. The minimum atomic E-state index is -0.241. The van der Waals surface area contributed by atoms with Gasteiger partial charge in [0.1, 0.15) is 0 Å². The first kappa shape index (κ1) is 13.6. The molecular weight excluding hydrogens is 256 g/mol. The molecule has 0 bridgehead atoms. The molecule has 0 aliphatic rings. The fourth-order valence-electron chi connectivity index (χ4n) is 1.70. The molecule has 2 N–H and O–H groups in total. The minimum absolute atomic E-state index is 0.184. The Morgan fingerprint density at radius 3 is 2.58 bits per heavy atom. The van der Waals surface area contributed by atoms with Crippen LogP contribution in [0.5, 0.6) is 0 Å². The van der Waals surface area contributed by atoms with Crippen molar-refractivity contribution in [3.63, 3.8) is 0 Å². The van der Waals surface area contributed by atoms with Crippen LogP contribution in [0.25, 0.3) is 10.4 Å². The van der Waals surface area contributed by atoms with Crippen molar-refractivity contribution in [2.75, 3.05) is 5.32 Å². The highest BCUT2D eigenvalue weighted by molar-refractivity contribution is 7.13. The normalized spacial score (nSPS) is 11.1. The van der Waals surface area contributed by atoms with Gasteiger partial charge in [-0.15, -0.1) is 11.3 Å². The molecule has 1 aromatic heterocycles. The Hall–Kier alpha value is -1.81. The fourth-order valence-corrected chi connectivity index (χ4v) is 2.42. The zero-order valence-electron chi connectivity index (χ0n) is 11.4. The van der Waals surface area contributed by atoms with Gasteiger partial charge in [0.2, 0.25) is 0 Å². The van der Waals surface area contributed by atoms with E-state index in [1.807, 2.05) is 56.5 Å². The molecule has 0 aliphatic heterocycles. The molecule has 0 aliphatic carbocycles. The summed E-state index contributed by atoms with van der Waals surface area (Å²) in [5.41, 5.74) is 1.67. The van der Waals surface area contributed by atoms with Crippen LogP contribution in [0.15, 0.2) is 41.8 Å². The monoisotopic (exact) mass is 274 g/mol. The van der Waals surface area contributed by atoms with E-state index in [1.54, 1.807) is 11.3 Å². The number of hydrogen-bond acceptors (Lipinski definition) is 2. The molecule has 0 fully saturated rings. The maximum atomic E-state index is 11.8. The van der Waals surface area contributed by atoms with Crippen LogP contribution in [0.2, 0.25) is 0 Å². The lowest BCUT2D eigenvalue weighted by Gasteiger charge is -2.20. The van der Waals surface area contributed by atoms with Crippen molar-refractivity contribution < 1.29 is 4.79 Å². The van der Waals surface area contributed by atoms with Gasteiger partial charge in [0.05, 0.1) is 0 Å². The van der Waals surface area contributed by atoms with E-state index in [0.717, 1.165) is 11.3 Å². The molecule has 0 spiro atoms. The van der Waals surface area contributed by atoms with E-state index >= 15 is 0 Å². The van der Waals surface area contributed by atoms with E-state index in [-0.39, 0.29) is 11.6 Å². The molecule has 4 heteroatoms. The summed E-state index contributed by atoms with van der Waals surface area (Å²) in [4.78, 5) is 13.0. The van der Waals surface area contributed by atoms with Gasteiger partial charge >= 0.3 is 6.03 Å². The molecule has 0 saturated carbocycles. The van der Waals surface area contributed by atoms with Gasteiger partial charge in [0.25, 0.3) is 0 Å². The van der Waals surface area contributed by atoms with Crippen molar-refractivity contribution in [1.82, 2.24) is 5.32 Å². The zero-order valence-corrected chi connectivity index (χ0v) is 12.2. The molecule has 2 amide bonds. The van der Waals surface area contributed by atoms with Crippen molar-refractivity contribution >= 4 is 23.1 Å². The first-order chi connectivity index (χ1) is 8.94. The van der Waals surface area contributed by atoms with Gasteiger partial charge in [-0.1, -0.05) is 18.2 Å². The number of hydrogen-bond donors (Lipinski definition) is 2. The van der Waals surface area contributed by atoms with Crippen molar-refractivity contribution in [2.45, 2.75) is 26.3 Å². The van der Waals surface area contributed by atoms with Crippen LogP contribution in [0.4, 0.5) is 10.5 Å². The SMILES string of the molecule is CC(C)(C)NC(=O)Nc1cccc(-c2cccs2)c1. The molecule has 100 valence electrons. The van der Waals surface area contributed by atoms with Gasteiger partial charge in [-0.25, -0.2) is 4.79 Å². The number of nitrogens with one attached hydrogen (secondary N) is 2. The summed E-state index contributed by atoms with van der Waals surface area (Å²) in [7, 11) is 0. The smallest absolute Gasteiger partial charge is 0.319 e.